The third-order valence-electron chi connectivity index (χ3n) is 4.84. The molecule has 130 valence electrons. The van der Waals surface area contributed by atoms with Crippen molar-refractivity contribution in [3.05, 3.63) is 60.2 Å². The van der Waals surface area contributed by atoms with Crippen molar-refractivity contribution in [2.45, 2.75) is 32.2 Å². The summed E-state index contributed by atoms with van der Waals surface area (Å²) in [7, 11) is 0. The van der Waals surface area contributed by atoms with Crippen LogP contribution in [-0.4, -0.2) is 35.5 Å². The average molecular weight is 337 g/mol. The fourth-order valence-corrected chi connectivity index (χ4v) is 3.38. The Kier molecular flexibility index (Phi) is 4.88. The van der Waals surface area contributed by atoms with Crippen LogP contribution in [0.2, 0.25) is 0 Å². The maximum absolute atomic E-state index is 12.9. The van der Waals surface area contributed by atoms with Crippen molar-refractivity contribution in [2.24, 2.45) is 0 Å². The van der Waals surface area contributed by atoms with Crippen LogP contribution in [0.25, 0.3) is 11.1 Å². The quantitative estimate of drug-likeness (QED) is 0.795. The molecule has 0 radical (unpaired) electrons. The zero-order chi connectivity index (χ0) is 17.9. The fraction of sp³-hybridized carbons (Fsp3) is 0.333. The molecule has 1 aliphatic rings. The number of esters is 1. The van der Waals surface area contributed by atoms with E-state index in [4.69, 9.17) is 4.74 Å². The van der Waals surface area contributed by atoms with Crippen molar-refractivity contribution in [3.63, 3.8) is 0 Å². The van der Waals surface area contributed by atoms with Crippen molar-refractivity contribution >= 4 is 11.9 Å². The van der Waals surface area contributed by atoms with Crippen LogP contribution < -0.4 is 0 Å². The predicted molar refractivity (Wildman–Crippen MR) is 97.2 cm³/mol. The molecule has 1 aliphatic heterocycles. The Bertz CT molecular complexity index is 754. The summed E-state index contributed by atoms with van der Waals surface area (Å²) in [6.45, 7) is 4.48. The lowest BCUT2D eigenvalue weighted by molar-refractivity contribution is -0.153. The number of hydrogen-bond donors (Lipinski definition) is 0. The summed E-state index contributed by atoms with van der Waals surface area (Å²) >= 11 is 0. The van der Waals surface area contributed by atoms with E-state index in [-0.39, 0.29) is 11.9 Å². The normalized spacial score (nSPS) is 19.7. The van der Waals surface area contributed by atoms with Crippen molar-refractivity contribution in [3.8, 4) is 11.1 Å². The molecule has 1 saturated heterocycles. The fourth-order valence-electron chi connectivity index (χ4n) is 3.38. The molecular weight excluding hydrogens is 314 g/mol. The van der Waals surface area contributed by atoms with Crippen LogP contribution in [0.3, 0.4) is 0 Å². The number of carbonyl (C=O) groups is 2. The molecule has 0 saturated carbocycles. The second kappa shape index (κ2) is 7.09. The van der Waals surface area contributed by atoms with Gasteiger partial charge in [-0.25, -0.2) is 4.79 Å². The van der Waals surface area contributed by atoms with E-state index in [0.29, 0.717) is 25.1 Å². The van der Waals surface area contributed by atoms with Gasteiger partial charge >= 0.3 is 5.97 Å². The SMILES string of the molecule is CCOC(=O)C1(C)CCCN1C(=O)c1ccc(-c2ccccc2)cc1. The molecule has 1 unspecified atom stereocenters. The first-order valence-electron chi connectivity index (χ1n) is 8.71. The highest BCUT2D eigenvalue weighted by atomic mass is 16.5. The van der Waals surface area contributed by atoms with Gasteiger partial charge in [0.1, 0.15) is 5.54 Å². The summed E-state index contributed by atoms with van der Waals surface area (Å²) in [5.41, 5.74) is 1.90. The van der Waals surface area contributed by atoms with Crippen molar-refractivity contribution in [1.82, 2.24) is 4.90 Å². The van der Waals surface area contributed by atoms with Crippen LogP contribution in [0.4, 0.5) is 0 Å². The number of likely N-dealkylation sites (tertiary alicyclic amines) is 1. The standard InChI is InChI=1S/C21H23NO3/c1-3-25-20(24)21(2)14-7-15-22(21)19(23)18-12-10-17(11-13-18)16-8-5-4-6-9-16/h4-6,8-13H,3,7,14-15H2,1-2H3. The monoisotopic (exact) mass is 337 g/mol. The molecule has 2 aromatic carbocycles. The number of ether oxygens (including phenoxy) is 1. The maximum Gasteiger partial charge on any atom is 0.331 e. The summed E-state index contributed by atoms with van der Waals surface area (Å²) in [4.78, 5) is 26.9. The summed E-state index contributed by atoms with van der Waals surface area (Å²) in [6, 6.07) is 17.6. The molecule has 0 aromatic heterocycles. The van der Waals surface area contributed by atoms with Gasteiger partial charge in [0.05, 0.1) is 6.61 Å². The highest BCUT2D eigenvalue weighted by Crippen LogP contribution is 2.32. The minimum Gasteiger partial charge on any atom is -0.464 e. The Hall–Kier alpha value is -2.62. The van der Waals surface area contributed by atoms with Gasteiger partial charge in [-0.2, -0.15) is 0 Å². The van der Waals surface area contributed by atoms with Gasteiger partial charge in [0.15, 0.2) is 0 Å². The van der Waals surface area contributed by atoms with Crippen LogP contribution in [-0.2, 0) is 9.53 Å². The molecule has 0 bridgehead atoms. The molecule has 25 heavy (non-hydrogen) atoms. The molecule has 1 atom stereocenters. The minimum atomic E-state index is -0.870. The van der Waals surface area contributed by atoms with Crippen molar-refractivity contribution in [1.29, 1.82) is 0 Å². The lowest BCUT2D eigenvalue weighted by Gasteiger charge is -2.33. The highest BCUT2D eigenvalue weighted by Gasteiger charge is 2.47. The molecule has 0 aliphatic carbocycles. The Balaban J connectivity index is 1.82. The van der Waals surface area contributed by atoms with Gasteiger partial charge in [-0.15, -0.1) is 0 Å². The van der Waals surface area contributed by atoms with Crippen LogP contribution >= 0.6 is 0 Å². The van der Waals surface area contributed by atoms with Gasteiger partial charge in [0.25, 0.3) is 5.91 Å². The number of nitrogens with zero attached hydrogens (tertiary/aromatic N) is 1. The molecular formula is C21H23NO3. The zero-order valence-corrected chi connectivity index (χ0v) is 14.7. The second-order valence-corrected chi connectivity index (χ2v) is 6.50. The summed E-state index contributed by atoms with van der Waals surface area (Å²) in [5, 5.41) is 0. The van der Waals surface area contributed by atoms with Gasteiger partial charge in [-0.1, -0.05) is 42.5 Å². The smallest absolute Gasteiger partial charge is 0.331 e. The first-order valence-corrected chi connectivity index (χ1v) is 8.71. The average Bonchev–Trinajstić information content (AvgIpc) is 3.05. The van der Waals surface area contributed by atoms with Gasteiger partial charge < -0.3 is 9.64 Å². The first-order chi connectivity index (χ1) is 12.1. The van der Waals surface area contributed by atoms with Gasteiger partial charge in [-0.05, 0) is 49.9 Å². The maximum atomic E-state index is 12.9. The third kappa shape index (κ3) is 3.29. The van der Waals surface area contributed by atoms with E-state index in [2.05, 4.69) is 0 Å². The highest BCUT2D eigenvalue weighted by molar-refractivity contribution is 5.98. The van der Waals surface area contributed by atoms with E-state index in [1.54, 1.807) is 18.7 Å². The molecule has 0 spiro atoms. The molecule has 1 amide bonds. The Morgan fingerprint density at radius 3 is 2.32 bits per heavy atom. The van der Waals surface area contributed by atoms with Gasteiger partial charge in [0.2, 0.25) is 0 Å². The number of carbonyl (C=O) groups excluding carboxylic acids is 2. The molecule has 2 aromatic rings. The van der Waals surface area contributed by atoms with Gasteiger partial charge in [0, 0.05) is 12.1 Å². The molecule has 4 nitrogen and oxygen atoms in total. The van der Waals surface area contributed by atoms with Crippen molar-refractivity contribution in [2.75, 3.05) is 13.2 Å². The topological polar surface area (TPSA) is 46.6 Å². The number of rotatable bonds is 4. The molecule has 1 fully saturated rings. The Labute approximate surface area is 148 Å². The number of benzene rings is 2. The Morgan fingerprint density at radius 1 is 1.04 bits per heavy atom. The zero-order valence-electron chi connectivity index (χ0n) is 14.7. The lowest BCUT2D eigenvalue weighted by atomic mass is 9.98. The van der Waals surface area contributed by atoms with E-state index >= 15 is 0 Å². The van der Waals surface area contributed by atoms with E-state index in [1.807, 2.05) is 54.6 Å². The molecule has 1 heterocycles. The van der Waals surface area contributed by atoms with E-state index in [9.17, 15) is 9.59 Å². The Morgan fingerprint density at radius 2 is 1.68 bits per heavy atom. The molecule has 0 N–H and O–H groups in total. The summed E-state index contributed by atoms with van der Waals surface area (Å²) in [5.74, 6) is -0.436. The predicted octanol–water partition coefficient (Wildman–Crippen LogP) is 3.91. The minimum absolute atomic E-state index is 0.118. The molecule has 3 rings (SSSR count). The van der Waals surface area contributed by atoms with Crippen LogP contribution in [0.15, 0.2) is 54.6 Å². The second-order valence-electron chi connectivity index (χ2n) is 6.50. The van der Waals surface area contributed by atoms with Gasteiger partial charge in [-0.3, -0.25) is 4.79 Å². The summed E-state index contributed by atoms with van der Waals surface area (Å²) < 4.78 is 5.19. The van der Waals surface area contributed by atoms with Crippen LogP contribution in [0, 0.1) is 0 Å². The third-order valence-corrected chi connectivity index (χ3v) is 4.84. The number of hydrogen-bond acceptors (Lipinski definition) is 3. The van der Waals surface area contributed by atoms with E-state index in [0.717, 1.165) is 17.5 Å². The molecule has 4 heteroatoms. The summed E-state index contributed by atoms with van der Waals surface area (Å²) in [6.07, 6.45) is 1.45. The van der Waals surface area contributed by atoms with E-state index in [1.165, 1.54) is 0 Å². The van der Waals surface area contributed by atoms with Crippen molar-refractivity contribution < 1.29 is 14.3 Å². The number of amides is 1. The lowest BCUT2D eigenvalue weighted by Crippen LogP contribution is -2.51. The van der Waals surface area contributed by atoms with Crippen LogP contribution in [0.1, 0.15) is 37.0 Å². The first kappa shape index (κ1) is 17.2. The van der Waals surface area contributed by atoms with Crippen LogP contribution in [0.5, 0.6) is 0 Å². The largest absolute Gasteiger partial charge is 0.464 e. The van der Waals surface area contributed by atoms with E-state index < -0.39 is 5.54 Å².